The molecule has 0 bridgehead atoms. The molecule has 2 amide bonds. The minimum absolute atomic E-state index is 0.131. The number of carbonyl (C=O) groups excluding carboxylic acids is 3. The molecule has 0 spiro atoms. The second kappa shape index (κ2) is 7.48. The van der Waals surface area contributed by atoms with Crippen molar-refractivity contribution in [2.45, 2.75) is 27.7 Å². The van der Waals surface area contributed by atoms with E-state index in [1.165, 1.54) is 0 Å². The number of ether oxygens (including phenoxy) is 1. The van der Waals surface area contributed by atoms with E-state index in [0.717, 1.165) is 22.5 Å². The number of nitrogens with one attached hydrogen (secondary N) is 1. The van der Waals surface area contributed by atoms with Crippen molar-refractivity contribution in [3.8, 4) is 0 Å². The molecular formula is C18H20N2O4S. The van der Waals surface area contributed by atoms with E-state index in [1.807, 2.05) is 26.0 Å². The average molecular weight is 360 g/mol. The number of aryl methyl sites for hydroxylation is 2. The first-order chi connectivity index (χ1) is 11.8. The molecule has 2 aromatic rings. The zero-order valence-electron chi connectivity index (χ0n) is 14.6. The first-order valence-electron chi connectivity index (χ1n) is 7.75. The molecule has 2 rings (SSSR count). The fourth-order valence-electron chi connectivity index (χ4n) is 2.44. The Morgan fingerprint density at radius 1 is 1.20 bits per heavy atom. The maximum absolute atomic E-state index is 12.6. The van der Waals surface area contributed by atoms with Crippen molar-refractivity contribution in [3.63, 3.8) is 0 Å². The summed E-state index contributed by atoms with van der Waals surface area (Å²) < 4.78 is 4.99. The van der Waals surface area contributed by atoms with Gasteiger partial charge < -0.3 is 15.8 Å². The number of anilines is 1. The largest absolute Gasteiger partial charge is 0.462 e. The summed E-state index contributed by atoms with van der Waals surface area (Å²) in [6.45, 7) is 7.23. The number of nitrogens with two attached hydrogens (primary N) is 1. The molecule has 0 aliphatic rings. The van der Waals surface area contributed by atoms with Crippen molar-refractivity contribution in [1.82, 2.24) is 0 Å². The van der Waals surface area contributed by atoms with Crippen LogP contribution in [0.5, 0.6) is 0 Å². The quantitative estimate of drug-likeness (QED) is 0.800. The van der Waals surface area contributed by atoms with Crippen LogP contribution >= 0.6 is 11.3 Å². The third-order valence-corrected chi connectivity index (χ3v) is 4.91. The van der Waals surface area contributed by atoms with Gasteiger partial charge in [-0.1, -0.05) is 17.7 Å². The zero-order valence-corrected chi connectivity index (χ0v) is 15.4. The van der Waals surface area contributed by atoms with Gasteiger partial charge in [-0.25, -0.2) is 4.79 Å². The third kappa shape index (κ3) is 3.88. The van der Waals surface area contributed by atoms with Crippen LogP contribution in [-0.4, -0.2) is 24.4 Å². The first kappa shape index (κ1) is 18.7. The van der Waals surface area contributed by atoms with Gasteiger partial charge in [-0.3, -0.25) is 9.59 Å². The fourth-order valence-corrected chi connectivity index (χ4v) is 3.54. The van der Waals surface area contributed by atoms with Crippen molar-refractivity contribution in [2.24, 2.45) is 5.73 Å². The number of benzene rings is 1. The molecule has 0 fully saturated rings. The van der Waals surface area contributed by atoms with E-state index in [4.69, 9.17) is 10.5 Å². The second-order valence-electron chi connectivity index (χ2n) is 5.62. The first-order valence-corrected chi connectivity index (χ1v) is 8.56. The highest BCUT2D eigenvalue weighted by molar-refractivity contribution is 7.18. The van der Waals surface area contributed by atoms with E-state index >= 15 is 0 Å². The summed E-state index contributed by atoms with van der Waals surface area (Å²) in [5.41, 5.74) is 8.23. The Hall–Kier alpha value is -2.67. The van der Waals surface area contributed by atoms with E-state index < -0.39 is 11.9 Å². The maximum Gasteiger partial charge on any atom is 0.348 e. The Bertz CT molecular complexity index is 855. The highest BCUT2D eigenvalue weighted by Gasteiger charge is 2.25. The maximum atomic E-state index is 12.6. The standard InChI is InChI=1S/C18H20N2O4S/c1-5-24-18(23)14-11(4)13(15(19)21)17(25-14)20-16(22)12-8-9(2)6-7-10(12)3/h6-8H,5H2,1-4H3,(H2,19,21)(H,20,22). The smallest absolute Gasteiger partial charge is 0.348 e. The van der Waals surface area contributed by atoms with Crippen molar-refractivity contribution in [1.29, 1.82) is 0 Å². The van der Waals surface area contributed by atoms with E-state index in [2.05, 4.69) is 5.32 Å². The molecule has 3 N–H and O–H groups in total. The van der Waals surface area contributed by atoms with E-state index in [-0.39, 0.29) is 28.0 Å². The molecule has 0 aliphatic heterocycles. The van der Waals surface area contributed by atoms with E-state index in [0.29, 0.717) is 11.1 Å². The molecule has 0 saturated heterocycles. The fraction of sp³-hybridized carbons (Fsp3) is 0.278. The lowest BCUT2D eigenvalue weighted by Gasteiger charge is -2.08. The number of rotatable bonds is 5. The molecule has 7 heteroatoms. The summed E-state index contributed by atoms with van der Waals surface area (Å²) in [6.07, 6.45) is 0. The van der Waals surface area contributed by atoms with Crippen LogP contribution in [0, 0.1) is 20.8 Å². The lowest BCUT2D eigenvalue weighted by Crippen LogP contribution is -2.18. The van der Waals surface area contributed by atoms with Crippen LogP contribution in [0.4, 0.5) is 5.00 Å². The molecule has 0 saturated carbocycles. The molecule has 25 heavy (non-hydrogen) atoms. The minimum Gasteiger partial charge on any atom is -0.462 e. The van der Waals surface area contributed by atoms with Crippen LogP contribution in [0.25, 0.3) is 0 Å². The van der Waals surface area contributed by atoms with Crippen molar-refractivity contribution in [3.05, 3.63) is 50.9 Å². The third-order valence-electron chi connectivity index (χ3n) is 3.72. The minimum atomic E-state index is -0.708. The Labute approximate surface area is 150 Å². The van der Waals surface area contributed by atoms with Gasteiger partial charge in [0.15, 0.2) is 0 Å². The number of hydrogen-bond acceptors (Lipinski definition) is 5. The predicted octanol–water partition coefficient (Wildman–Crippen LogP) is 3.20. The summed E-state index contributed by atoms with van der Waals surface area (Å²) >= 11 is 0.988. The summed E-state index contributed by atoms with van der Waals surface area (Å²) in [5.74, 6) is -1.61. The number of esters is 1. The van der Waals surface area contributed by atoms with Crippen LogP contribution in [0.1, 0.15) is 54.0 Å². The van der Waals surface area contributed by atoms with Crippen molar-refractivity contribution >= 4 is 34.1 Å². The van der Waals surface area contributed by atoms with Gasteiger partial charge in [-0.2, -0.15) is 0 Å². The Morgan fingerprint density at radius 2 is 1.88 bits per heavy atom. The molecule has 0 atom stereocenters. The van der Waals surface area contributed by atoms with Crippen molar-refractivity contribution < 1.29 is 19.1 Å². The summed E-state index contributed by atoms with van der Waals surface area (Å²) in [5, 5.41) is 2.95. The Balaban J connectivity index is 2.43. The number of amides is 2. The van der Waals surface area contributed by atoms with Gasteiger partial charge in [0.25, 0.3) is 11.8 Å². The summed E-state index contributed by atoms with van der Waals surface area (Å²) in [6, 6.07) is 5.53. The monoisotopic (exact) mass is 360 g/mol. The van der Waals surface area contributed by atoms with Crippen molar-refractivity contribution in [2.75, 3.05) is 11.9 Å². The van der Waals surface area contributed by atoms with Crippen LogP contribution in [0.15, 0.2) is 18.2 Å². The zero-order chi connectivity index (χ0) is 18.7. The topological polar surface area (TPSA) is 98.5 Å². The Morgan fingerprint density at radius 3 is 2.48 bits per heavy atom. The number of primary amides is 1. The van der Waals surface area contributed by atoms with Crippen LogP contribution in [-0.2, 0) is 4.74 Å². The second-order valence-corrected chi connectivity index (χ2v) is 6.64. The van der Waals surface area contributed by atoms with Gasteiger partial charge in [0, 0.05) is 5.56 Å². The van der Waals surface area contributed by atoms with E-state index in [9.17, 15) is 14.4 Å². The lowest BCUT2D eigenvalue weighted by molar-refractivity contribution is 0.0531. The van der Waals surface area contributed by atoms with Crippen LogP contribution in [0.2, 0.25) is 0 Å². The number of hydrogen-bond donors (Lipinski definition) is 2. The normalized spacial score (nSPS) is 10.4. The predicted molar refractivity (Wildman–Crippen MR) is 97.4 cm³/mol. The highest BCUT2D eigenvalue weighted by atomic mass is 32.1. The van der Waals surface area contributed by atoms with Gasteiger partial charge in [-0.15, -0.1) is 11.3 Å². The van der Waals surface area contributed by atoms with Gasteiger partial charge in [0.05, 0.1) is 12.2 Å². The molecule has 1 aromatic heterocycles. The van der Waals surface area contributed by atoms with Crippen LogP contribution in [0.3, 0.4) is 0 Å². The summed E-state index contributed by atoms with van der Waals surface area (Å²) in [7, 11) is 0. The number of thiophene rings is 1. The molecule has 132 valence electrons. The molecule has 6 nitrogen and oxygen atoms in total. The molecule has 0 unspecified atom stereocenters. The highest BCUT2D eigenvalue weighted by Crippen LogP contribution is 2.33. The SMILES string of the molecule is CCOC(=O)c1sc(NC(=O)c2cc(C)ccc2C)c(C(N)=O)c1C. The summed E-state index contributed by atoms with van der Waals surface area (Å²) in [4.78, 5) is 36.7. The van der Waals surface area contributed by atoms with Gasteiger partial charge >= 0.3 is 5.97 Å². The van der Waals surface area contributed by atoms with Gasteiger partial charge in [-0.05, 0) is 44.9 Å². The molecule has 1 aromatic carbocycles. The average Bonchev–Trinajstić information content (AvgIpc) is 2.86. The number of carbonyl (C=O) groups is 3. The van der Waals surface area contributed by atoms with Gasteiger partial charge in [0.1, 0.15) is 9.88 Å². The lowest BCUT2D eigenvalue weighted by atomic mass is 10.0. The van der Waals surface area contributed by atoms with E-state index in [1.54, 1.807) is 19.9 Å². The molecular weight excluding hydrogens is 340 g/mol. The molecule has 0 aliphatic carbocycles. The molecule has 1 heterocycles. The van der Waals surface area contributed by atoms with Crippen LogP contribution < -0.4 is 11.1 Å². The molecule has 0 radical (unpaired) electrons. The van der Waals surface area contributed by atoms with Gasteiger partial charge in [0.2, 0.25) is 0 Å². The Kier molecular flexibility index (Phi) is 5.58.